The molecule has 3 aromatic heterocycles. The molecule has 0 aliphatic heterocycles. The van der Waals surface area contributed by atoms with E-state index in [1.807, 2.05) is 35.9 Å². The lowest BCUT2D eigenvalue weighted by atomic mass is 10.1. The second kappa shape index (κ2) is 8.14. The number of thiazole rings is 1. The molecule has 0 spiro atoms. The molecule has 0 aliphatic rings. The van der Waals surface area contributed by atoms with Crippen LogP contribution in [0.2, 0.25) is 0 Å². The maximum Gasteiger partial charge on any atom is 0.262 e. The summed E-state index contributed by atoms with van der Waals surface area (Å²) in [5.41, 5.74) is 2.59. The zero-order chi connectivity index (χ0) is 20.4. The van der Waals surface area contributed by atoms with Crippen LogP contribution in [0.5, 0.6) is 5.75 Å². The molecule has 7 nitrogen and oxygen atoms in total. The number of aryl methyl sites for hydroxylation is 2. The van der Waals surface area contributed by atoms with Crippen molar-refractivity contribution in [2.75, 3.05) is 12.4 Å². The molecular formula is C20H18N4O3S2. The van der Waals surface area contributed by atoms with Crippen molar-refractivity contribution < 1.29 is 9.53 Å². The number of carbonyl (C=O) groups is 1. The van der Waals surface area contributed by atoms with Crippen molar-refractivity contribution in [3.63, 3.8) is 0 Å². The average molecular weight is 427 g/mol. The van der Waals surface area contributed by atoms with Crippen LogP contribution in [-0.4, -0.2) is 27.6 Å². The summed E-state index contributed by atoms with van der Waals surface area (Å²) in [4.78, 5) is 34.2. The lowest BCUT2D eigenvalue weighted by Gasteiger charge is -2.07. The minimum atomic E-state index is -0.209. The fourth-order valence-corrected chi connectivity index (χ4v) is 4.38. The summed E-state index contributed by atoms with van der Waals surface area (Å²) in [6, 6.07) is 7.63. The van der Waals surface area contributed by atoms with E-state index < -0.39 is 0 Å². The number of fused-ring (bicyclic) bond motifs is 1. The topological polar surface area (TPSA) is 86.1 Å². The first-order valence-electron chi connectivity index (χ1n) is 8.88. The number of amides is 1. The summed E-state index contributed by atoms with van der Waals surface area (Å²) >= 11 is 2.77. The molecule has 4 rings (SSSR count). The minimum Gasteiger partial charge on any atom is -0.496 e. The molecule has 1 amide bonds. The fraction of sp³-hybridized carbons (Fsp3) is 0.200. The number of hydrogen-bond donors (Lipinski definition) is 1. The Morgan fingerprint density at radius 1 is 1.28 bits per heavy atom. The van der Waals surface area contributed by atoms with Gasteiger partial charge in [0.1, 0.15) is 10.6 Å². The fourth-order valence-electron chi connectivity index (χ4n) is 2.93. The van der Waals surface area contributed by atoms with E-state index in [0.717, 1.165) is 22.6 Å². The molecule has 0 saturated carbocycles. The van der Waals surface area contributed by atoms with Gasteiger partial charge in [-0.05, 0) is 30.5 Å². The Balaban J connectivity index is 1.43. The van der Waals surface area contributed by atoms with Crippen molar-refractivity contribution in [1.82, 2.24) is 14.5 Å². The smallest absolute Gasteiger partial charge is 0.262 e. The second-order valence-electron chi connectivity index (χ2n) is 6.42. The third-order valence-electron chi connectivity index (χ3n) is 4.41. The number of benzene rings is 1. The normalized spacial score (nSPS) is 11.0. The summed E-state index contributed by atoms with van der Waals surface area (Å²) < 4.78 is 6.87. The van der Waals surface area contributed by atoms with Crippen molar-refractivity contribution in [2.24, 2.45) is 0 Å². The van der Waals surface area contributed by atoms with Crippen molar-refractivity contribution in [3.8, 4) is 17.0 Å². The molecule has 4 aromatic rings. The molecule has 148 valence electrons. The lowest BCUT2D eigenvalue weighted by Crippen LogP contribution is -2.23. The van der Waals surface area contributed by atoms with Gasteiger partial charge in [-0.25, -0.2) is 9.97 Å². The van der Waals surface area contributed by atoms with Crippen LogP contribution < -0.4 is 15.6 Å². The van der Waals surface area contributed by atoms with Crippen molar-refractivity contribution in [1.29, 1.82) is 0 Å². The lowest BCUT2D eigenvalue weighted by molar-refractivity contribution is -0.116. The molecule has 1 N–H and O–H groups in total. The van der Waals surface area contributed by atoms with E-state index >= 15 is 0 Å². The Kier molecular flexibility index (Phi) is 5.41. The first-order valence-corrected chi connectivity index (χ1v) is 10.6. The predicted octanol–water partition coefficient (Wildman–Crippen LogP) is 3.93. The number of anilines is 1. The Labute approximate surface area is 174 Å². The Morgan fingerprint density at radius 2 is 2.14 bits per heavy atom. The third-order valence-corrected chi connectivity index (χ3v) is 5.99. The van der Waals surface area contributed by atoms with Crippen LogP contribution in [-0.2, 0) is 11.3 Å². The van der Waals surface area contributed by atoms with Gasteiger partial charge < -0.3 is 10.1 Å². The van der Waals surface area contributed by atoms with Crippen molar-refractivity contribution >= 4 is 43.9 Å². The van der Waals surface area contributed by atoms with E-state index in [2.05, 4.69) is 15.3 Å². The second-order valence-corrected chi connectivity index (χ2v) is 8.18. The van der Waals surface area contributed by atoms with Gasteiger partial charge in [0.25, 0.3) is 5.56 Å². The highest BCUT2D eigenvalue weighted by Crippen LogP contribution is 2.33. The van der Waals surface area contributed by atoms with Gasteiger partial charge in [-0.3, -0.25) is 14.2 Å². The quantitative estimate of drug-likeness (QED) is 0.505. The number of thiophene rings is 1. The van der Waals surface area contributed by atoms with Gasteiger partial charge in [-0.1, -0.05) is 11.6 Å². The van der Waals surface area contributed by atoms with Gasteiger partial charge in [0.05, 0.1) is 24.5 Å². The van der Waals surface area contributed by atoms with E-state index in [9.17, 15) is 9.59 Å². The van der Waals surface area contributed by atoms with E-state index in [1.165, 1.54) is 33.6 Å². The highest BCUT2D eigenvalue weighted by molar-refractivity contribution is 7.16. The van der Waals surface area contributed by atoms with Crippen molar-refractivity contribution in [3.05, 3.63) is 57.3 Å². The van der Waals surface area contributed by atoms with Crippen LogP contribution in [0.25, 0.3) is 21.5 Å². The maximum atomic E-state index is 12.4. The summed E-state index contributed by atoms with van der Waals surface area (Å²) in [5.74, 6) is 0.522. The van der Waals surface area contributed by atoms with Gasteiger partial charge in [0.15, 0.2) is 5.13 Å². The van der Waals surface area contributed by atoms with E-state index in [-0.39, 0.29) is 24.4 Å². The molecular weight excluding hydrogens is 408 g/mol. The van der Waals surface area contributed by atoms with E-state index in [4.69, 9.17) is 4.74 Å². The molecule has 0 aliphatic carbocycles. The van der Waals surface area contributed by atoms with Gasteiger partial charge in [-0.15, -0.1) is 22.7 Å². The van der Waals surface area contributed by atoms with Gasteiger partial charge in [0.2, 0.25) is 5.91 Å². The summed E-state index contributed by atoms with van der Waals surface area (Å²) in [6.45, 7) is 2.26. The number of ether oxygens (including phenoxy) is 1. The monoisotopic (exact) mass is 426 g/mol. The average Bonchev–Trinajstić information content (AvgIpc) is 3.37. The summed E-state index contributed by atoms with van der Waals surface area (Å²) in [6.07, 6.45) is 1.64. The molecule has 0 saturated heterocycles. The number of rotatable bonds is 6. The van der Waals surface area contributed by atoms with Crippen LogP contribution in [0.4, 0.5) is 5.13 Å². The van der Waals surface area contributed by atoms with Crippen LogP contribution in [0.15, 0.2) is 46.1 Å². The van der Waals surface area contributed by atoms with Crippen LogP contribution in [0.1, 0.15) is 12.0 Å². The number of methoxy groups -OCH3 is 1. The molecule has 0 atom stereocenters. The molecule has 1 aromatic carbocycles. The zero-order valence-electron chi connectivity index (χ0n) is 15.8. The Hall–Kier alpha value is -3.04. The molecule has 0 fully saturated rings. The zero-order valence-corrected chi connectivity index (χ0v) is 17.5. The Bertz CT molecular complexity index is 1240. The first-order chi connectivity index (χ1) is 14.0. The summed E-state index contributed by atoms with van der Waals surface area (Å²) in [7, 11) is 1.62. The molecule has 0 unspecified atom stereocenters. The maximum absolute atomic E-state index is 12.4. The number of aromatic nitrogens is 3. The van der Waals surface area contributed by atoms with E-state index in [0.29, 0.717) is 15.3 Å². The standard InChI is InChI=1S/C20H18N4O3S2/c1-12-3-4-16(27-2)14(9-12)15-10-29-20(22-15)23-17(25)5-7-24-11-21-18-13(19(24)26)6-8-28-18/h3-4,6,8-11H,5,7H2,1-2H3,(H,22,23,25). The van der Waals surface area contributed by atoms with Gasteiger partial charge in [0, 0.05) is 23.9 Å². The van der Waals surface area contributed by atoms with Crippen LogP contribution in [0, 0.1) is 6.92 Å². The highest BCUT2D eigenvalue weighted by Gasteiger charge is 2.13. The minimum absolute atomic E-state index is 0.132. The first kappa shape index (κ1) is 19.3. The van der Waals surface area contributed by atoms with E-state index in [1.54, 1.807) is 13.2 Å². The molecule has 0 bridgehead atoms. The van der Waals surface area contributed by atoms with Crippen LogP contribution in [0.3, 0.4) is 0 Å². The number of nitrogens with one attached hydrogen (secondary N) is 1. The summed E-state index contributed by atoms with van der Waals surface area (Å²) in [5, 5.41) is 7.60. The number of carbonyl (C=O) groups excluding carboxylic acids is 1. The molecule has 3 heterocycles. The number of nitrogens with zero attached hydrogens (tertiary/aromatic N) is 3. The van der Waals surface area contributed by atoms with Gasteiger partial charge in [-0.2, -0.15) is 0 Å². The van der Waals surface area contributed by atoms with Crippen LogP contribution >= 0.6 is 22.7 Å². The third kappa shape index (κ3) is 4.06. The van der Waals surface area contributed by atoms with Crippen molar-refractivity contribution in [2.45, 2.75) is 19.9 Å². The highest BCUT2D eigenvalue weighted by atomic mass is 32.1. The Morgan fingerprint density at radius 3 is 2.97 bits per heavy atom. The number of hydrogen-bond acceptors (Lipinski definition) is 7. The SMILES string of the molecule is COc1ccc(C)cc1-c1csc(NC(=O)CCn2cnc3sccc3c2=O)n1. The van der Waals surface area contributed by atoms with Gasteiger partial charge >= 0.3 is 0 Å². The molecule has 29 heavy (non-hydrogen) atoms. The molecule has 9 heteroatoms. The predicted molar refractivity (Wildman–Crippen MR) is 116 cm³/mol. The molecule has 0 radical (unpaired) electrons. The largest absolute Gasteiger partial charge is 0.496 e.